The summed E-state index contributed by atoms with van der Waals surface area (Å²) in [5.74, 6) is 0.940. The van der Waals surface area contributed by atoms with E-state index < -0.39 is 0 Å². The molecule has 7 heteroatoms. The van der Waals surface area contributed by atoms with Crippen molar-refractivity contribution in [2.75, 3.05) is 11.1 Å². The van der Waals surface area contributed by atoms with E-state index in [0.717, 1.165) is 11.3 Å². The maximum Gasteiger partial charge on any atom is 0.222 e. The molecule has 0 aliphatic heterocycles. The van der Waals surface area contributed by atoms with E-state index in [-0.39, 0.29) is 12.0 Å². The van der Waals surface area contributed by atoms with Crippen molar-refractivity contribution in [3.63, 3.8) is 0 Å². The molecular formula is C13H15N7. The van der Waals surface area contributed by atoms with E-state index in [1.807, 2.05) is 16.7 Å². The highest BCUT2D eigenvalue weighted by atomic mass is 15.3. The van der Waals surface area contributed by atoms with Gasteiger partial charge in [-0.2, -0.15) is 4.98 Å². The van der Waals surface area contributed by atoms with Crippen LogP contribution in [0.5, 0.6) is 0 Å². The number of pyridine rings is 1. The van der Waals surface area contributed by atoms with Gasteiger partial charge in [0.15, 0.2) is 5.65 Å². The molecule has 0 radical (unpaired) electrons. The molecule has 3 N–H and O–H groups in total. The summed E-state index contributed by atoms with van der Waals surface area (Å²) in [5, 5.41) is 3.24. The van der Waals surface area contributed by atoms with Crippen molar-refractivity contribution in [2.24, 2.45) is 0 Å². The van der Waals surface area contributed by atoms with Crippen molar-refractivity contribution in [1.82, 2.24) is 24.5 Å². The number of anilines is 3. The van der Waals surface area contributed by atoms with Crippen LogP contribution in [0.25, 0.3) is 11.2 Å². The zero-order chi connectivity index (χ0) is 14.1. The molecule has 0 atom stereocenters. The Hall–Kier alpha value is -2.70. The van der Waals surface area contributed by atoms with E-state index in [4.69, 9.17) is 5.73 Å². The van der Waals surface area contributed by atoms with Crippen LogP contribution in [0.1, 0.15) is 19.9 Å². The monoisotopic (exact) mass is 269 g/mol. The summed E-state index contributed by atoms with van der Waals surface area (Å²) >= 11 is 0. The molecule has 102 valence electrons. The lowest BCUT2D eigenvalue weighted by atomic mass is 10.4. The number of hydrogen-bond acceptors (Lipinski definition) is 6. The zero-order valence-corrected chi connectivity index (χ0v) is 11.3. The molecule has 3 heterocycles. The average molecular weight is 269 g/mol. The second-order valence-corrected chi connectivity index (χ2v) is 4.70. The van der Waals surface area contributed by atoms with Gasteiger partial charge in [-0.3, -0.25) is 9.55 Å². The Bertz CT molecular complexity index is 733. The quantitative estimate of drug-likeness (QED) is 0.756. The van der Waals surface area contributed by atoms with Crippen molar-refractivity contribution in [2.45, 2.75) is 19.9 Å². The van der Waals surface area contributed by atoms with E-state index in [1.54, 1.807) is 18.6 Å². The van der Waals surface area contributed by atoms with Crippen LogP contribution in [0.2, 0.25) is 0 Å². The molecule has 3 aromatic rings. The first kappa shape index (κ1) is 12.3. The fraction of sp³-hybridized carbons (Fsp3) is 0.231. The summed E-state index contributed by atoms with van der Waals surface area (Å²) in [6.45, 7) is 4.13. The topological polar surface area (TPSA) is 94.5 Å². The third kappa shape index (κ3) is 2.13. The molecule has 0 aromatic carbocycles. The minimum atomic E-state index is 0.188. The fourth-order valence-electron chi connectivity index (χ4n) is 2.05. The van der Waals surface area contributed by atoms with Crippen LogP contribution < -0.4 is 11.1 Å². The van der Waals surface area contributed by atoms with E-state index in [1.165, 1.54) is 0 Å². The molecule has 0 saturated heterocycles. The summed E-state index contributed by atoms with van der Waals surface area (Å²) in [6, 6.07) is 3.98. The Morgan fingerprint density at radius 1 is 1.25 bits per heavy atom. The van der Waals surface area contributed by atoms with Gasteiger partial charge in [0.05, 0.1) is 18.1 Å². The van der Waals surface area contributed by atoms with Crippen molar-refractivity contribution in [1.29, 1.82) is 0 Å². The maximum absolute atomic E-state index is 5.66. The van der Waals surface area contributed by atoms with Crippen LogP contribution in [0.3, 0.4) is 0 Å². The molecule has 0 fully saturated rings. The van der Waals surface area contributed by atoms with Crippen LogP contribution in [0, 0.1) is 0 Å². The first-order valence-electron chi connectivity index (χ1n) is 6.32. The highest BCUT2D eigenvalue weighted by molar-refractivity contribution is 5.76. The number of fused-ring (bicyclic) bond motifs is 1. The molecule has 0 spiro atoms. The van der Waals surface area contributed by atoms with Gasteiger partial charge in [-0.1, -0.05) is 0 Å². The Labute approximate surface area is 115 Å². The fourth-order valence-corrected chi connectivity index (χ4v) is 2.05. The van der Waals surface area contributed by atoms with Crippen LogP contribution in [-0.4, -0.2) is 24.5 Å². The second-order valence-electron chi connectivity index (χ2n) is 4.70. The highest BCUT2D eigenvalue weighted by Crippen LogP contribution is 2.25. The molecule has 0 amide bonds. The predicted octanol–water partition coefficient (Wildman–Crippen LogP) is 2.13. The molecule has 0 aliphatic rings. The standard InChI is InChI=1S/C13H15N7/c1-8(2)20-11-10(7-16-12(14)19-11)18-13(20)17-9-4-3-5-15-6-9/h3-8H,1-2H3,(H,17,18)(H2,14,16,19). The Morgan fingerprint density at radius 3 is 2.80 bits per heavy atom. The van der Waals surface area contributed by atoms with Gasteiger partial charge in [0.2, 0.25) is 11.9 Å². The Kier molecular flexibility index (Phi) is 2.94. The summed E-state index contributed by atoms with van der Waals surface area (Å²) < 4.78 is 1.99. The average Bonchev–Trinajstić information content (AvgIpc) is 2.77. The van der Waals surface area contributed by atoms with Gasteiger partial charge in [-0.15, -0.1) is 0 Å². The number of hydrogen-bond donors (Lipinski definition) is 2. The summed E-state index contributed by atoms with van der Waals surface area (Å²) in [7, 11) is 0. The summed E-state index contributed by atoms with van der Waals surface area (Å²) in [5.41, 5.74) is 7.96. The number of rotatable bonds is 3. The smallest absolute Gasteiger partial charge is 0.222 e. The predicted molar refractivity (Wildman–Crippen MR) is 77.6 cm³/mol. The van der Waals surface area contributed by atoms with E-state index >= 15 is 0 Å². The molecule has 0 bridgehead atoms. The van der Waals surface area contributed by atoms with Crippen LogP contribution in [-0.2, 0) is 0 Å². The number of nitrogens with zero attached hydrogens (tertiary/aromatic N) is 5. The second kappa shape index (κ2) is 4.76. The third-order valence-electron chi connectivity index (χ3n) is 2.89. The lowest BCUT2D eigenvalue weighted by molar-refractivity contribution is 0.621. The first-order chi connectivity index (χ1) is 9.65. The molecular weight excluding hydrogens is 254 g/mol. The zero-order valence-electron chi connectivity index (χ0n) is 11.3. The molecule has 20 heavy (non-hydrogen) atoms. The van der Waals surface area contributed by atoms with E-state index in [2.05, 4.69) is 39.1 Å². The largest absolute Gasteiger partial charge is 0.368 e. The minimum Gasteiger partial charge on any atom is -0.368 e. The molecule has 0 saturated carbocycles. The number of aromatic nitrogens is 5. The number of nitrogen functional groups attached to an aromatic ring is 1. The SMILES string of the molecule is CC(C)n1c(Nc2cccnc2)nc2cnc(N)nc21. The number of nitrogens with one attached hydrogen (secondary N) is 1. The lowest BCUT2D eigenvalue weighted by Gasteiger charge is -2.13. The molecule has 0 aliphatic carbocycles. The van der Waals surface area contributed by atoms with Gasteiger partial charge in [-0.05, 0) is 26.0 Å². The van der Waals surface area contributed by atoms with Crippen molar-refractivity contribution >= 4 is 28.7 Å². The van der Waals surface area contributed by atoms with Crippen LogP contribution in [0.4, 0.5) is 17.6 Å². The Balaban J connectivity index is 2.12. The summed E-state index contributed by atoms with van der Waals surface area (Å²) in [4.78, 5) is 16.8. The summed E-state index contributed by atoms with van der Waals surface area (Å²) in [6.07, 6.45) is 5.10. The van der Waals surface area contributed by atoms with Gasteiger partial charge in [0.1, 0.15) is 5.52 Å². The van der Waals surface area contributed by atoms with Crippen molar-refractivity contribution in [3.8, 4) is 0 Å². The van der Waals surface area contributed by atoms with Gasteiger partial charge >= 0.3 is 0 Å². The maximum atomic E-state index is 5.66. The van der Waals surface area contributed by atoms with E-state index in [9.17, 15) is 0 Å². The van der Waals surface area contributed by atoms with E-state index in [0.29, 0.717) is 11.5 Å². The van der Waals surface area contributed by atoms with Gasteiger partial charge < -0.3 is 11.1 Å². The number of imidazole rings is 1. The molecule has 7 nitrogen and oxygen atoms in total. The highest BCUT2D eigenvalue weighted by Gasteiger charge is 2.15. The first-order valence-corrected chi connectivity index (χ1v) is 6.32. The van der Waals surface area contributed by atoms with Crippen LogP contribution in [0.15, 0.2) is 30.7 Å². The third-order valence-corrected chi connectivity index (χ3v) is 2.89. The van der Waals surface area contributed by atoms with Crippen LogP contribution >= 0.6 is 0 Å². The Morgan fingerprint density at radius 2 is 2.10 bits per heavy atom. The minimum absolute atomic E-state index is 0.188. The normalized spacial score (nSPS) is 11.2. The van der Waals surface area contributed by atoms with Gasteiger partial charge in [-0.25, -0.2) is 9.97 Å². The lowest BCUT2D eigenvalue weighted by Crippen LogP contribution is -2.07. The molecule has 0 unspecified atom stereocenters. The van der Waals surface area contributed by atoms with Gasteiger partial charge in [0, 0.05) is 12.2 Å². The van der Waals surface area contributed by atoms with Crippen molar-refractivity contribution < 1.29 is 0 Å². The number of nitrogens with two attached hydrogens (primary N) is 1. The molecule has 3 aromatic heterocycles. The van der Waals surface area contributed by atoms with Crippen molar-refractivity contribution in [3.05, 3.63) is 30.7 Å². The van der Waals surface area contributed by atoms with Gasteiger partial charge in [0.25, 0.3) is 0 Å². The molecule has 3 rings (SSSR count).